The molecule has 0 bridgehead atoms. The molecule has 1 aromatic heterocycles. The van der Waals surface area contributed by atoms with Crippen LogP contribution in [-0.4, -0.2) is 29.5 Å². The maximum Gasteiger partial charge on any atom is 0.110 e. The first-order chi connectivity index (χ1) is 10.2. The Kier molecular flexibility index (Phi) is 2.99. The number of nitriles is 1. The number of nitrogens with zero attached hydrogens (tertiary/aromatic N) is 2. The highest BCUT2D eigenvalue weighted by Crippen LogP contribution is 2.46. The largest absolute Gasteiger partial charge is 0.345 e. The third kappa shape index (κ3) is 1.90. The van der Waals surface area contributed by atoms with Crippen molar-refractivity contribution in [2.75, 3.05) is 13.6 Å². The zero-order chi connectivity index (χ0) is 14.6. The number of piperidine rings is 1. The van der Waals surface area contributed by atoms with E-state index in [4.69, 9.17) is 16.9 Å². The number of hydrogen-bond acceptors (Lipinski definition) is 2. The smallest absolute Gasteiger partial charge is 0.110 e. The van der Waals surface area contributed by atoms with E-state index in [0.29, 0.717) is 24.3 Å². The number of fused-ring (bicyclic) bond motifs is 2. The third-order valence-corrected chi connectivity index (χ3v) is 5.59. The van der Waals surface area contributed by atoms with Crippen LogP contribution in [-0.2, 0) is 6.42 Å². The summed E-state index contributed by atoms with van der Waals surface area (Å²) in [6, 6.07) is 9.32. The predicted molar refractivity (Wildman–Crippen MR) is 84.5 cm³/mol. The lowest BCUT2D eigenvalue weighted by Crippen LogP contribution is -2.47. The molecule has 2 heterocycles. The second kappa shape index (κ2) is 4.76. The topological polar surface area (TPSA) is 42.8 Å². The van der Waals surface area contributed by atoms with Gasteiger partial charge in [-0.05, 0) is 43.0 Å². The van der Waals surface area contributed by atoms with Crippen molar-refractivity contribution in [2.24, 2.45) is 5.92 Å². The number of aromatic amines is 1. The summed E-state index contributed by atoms with van der Waals surface area (Å²) >= 11 is 6.41. The average molecular weight is 300 g/mol. The number of H-pyrrole nitrogens is 1. The summed E-state index contributed by atoms with van der Waals surface area (Å²) in [6.07, 6.45) is 2.78. The van der Waals surface area contributed by atoms with Crippen molar-refractivity contribution in [1.29, 1.82) is 5.26 Å². The minimum atomic E-state index is 0.479. The summed E-state index contributed by atoms with van der Waals surface area (Å²) in [4.78, 5) is 5.75. The van der Waals surface area contributed by atoms with Gasteiger partial charge >= 0.3 is 0 Å². The maximum absolute atomic E-state index is 9.02. The lowest BCUT2D eigenvalue weighted by molar-refractivity contribution is 0.113. The SMILES string of the molecule is CN1CC(CC#N)CC2c3cccc4[nH]c(Cl)c(c34)C[C@H]21. The van der Waals surface area contributed by atoms with E-state index in [1.807, 2.05) is 0 Å². The number of halogens is 1. The van der Waals surface area contributed by atoms with Gasteiger partial charge in [0.25, 0.3) is 0 Å². The molecule has 4 heteroatoms. The summed E-state index contributed by atoms with van der Waals surface area (Å²) in [6.45, 7) is 1.02. The molecular formula is C17H18ClN3. The van der Waals surface area contributed by atoms with Crippen LogP contribution in [0.1, 0.15) is 29.9 Å². The molecule has 0 radical (unpaired) electrons. The van der Waals surface area contributed by atoms with Gasteiger partial charge in [0.15, 0.2) is 0 Å². The van der Waals surface area contributed by atoms with Crippen LogP contribution in [0.5, 0.6) is 0 Å². The van der Waals surface area contributed by atoms with Gasteiger partial charge in [0.2, 0.25) is 0 Å². The Labute approximate surface area is 129 Å². The first kappa shape index (κ1) is 13.2. The quantitative estimate of drug-likeness (QED) is 0.872. The van der Waals surface area contributed by atoms with Gasteiger partial charge in [-0.2, -0.15) is 5.26 Å². The van der Waals surface area contributed by atoms with Crippen molar-refractivity contribution in [3.8, 4) is 6.07 Å². The highest BCUT2D eigenvalue weighted by atomic mass is 35.5. The molecule has 2 unspecified atom stereocenters. The first-order valence-electron chi connectivity index (χ1n) is 7.55. The number of nitrogens with one attached hydrogen (secondary N) is 1. The van der Waals surface area contributed by atoms with Crippen LogP contribution in [0.2, 0.25) is 5.15 Å². The molecule has 1 saturated heterocycles. The lowest BCUT2D eigenvalue weighted by Gasteiger charge is -2.45. The van der Waals surface area contributed by atoms with E-state index in [-0.39, 0.29) is 0 Å². The second-order valence-electron chi connectivity index (χ2n) is 6.47. The first-order valence-corrected chi connectivity index (χ1v) is 7.93. The Morgan fingerprint density at radius 1 is 1.48 bits per heavy atom. The molecule has 1 aromatic carbocycles. The van der Waals surface area contributed by atoms with Crippen LogP contribution in [0.15, 0.2) is 18.2 Å². The van der Waals surface area contributed by atoms with Crippen LogP contribution >= 0.6 is 11.6 Å². The van der Waals surface area contributed by atoms with E-state index in [9.17, 15) is 0 Å². The van der Waals surface area contributed by atoms with Crippen LogP contribution < -0.4 is 0 Å². The van der Waals surface area contributed by atoms with Crippen LogP contribution in [0.25, 0.3) is 10.9 Å². The van der Waals surface area contributed by atoms with Gasteiger partial charge in [-0.1, -0.05) is 23.7 Å². The van der Waals surface area contributed by atoms with Gasteiger partial charge in [-0.15, -0.1) is 0 Å². The van der Waals surface area contributed by atoms with Gasteiger partial charge in [-0.3, -0.25) is 0 Å². The molecule has 2 aromatic rings. The van der Waals surface area contributed by atoms with E-state index in [1.165, 1.54) is 16.5 Å². The summed E-state index contributed by atoms with van der Waals surface area (Å²) in [5.41, 5.74) is 3.83. The molecule has 1 N–H and O–H groups in total. The van der Waals surface area contributed by atoms with E-state index < -0.39 is 0 Å². The van der Waals surface area contributed by atoms with Crippen molar-refractivity contribution in [3.05, 3.63) is 34.5 Å². The highest BCUT2D eigenvalue weighted by molar-refractivity contribution is 6.32. The van der Waals surface area contributed by atoms with Gasteiger partial charge < -0.3 is 9.88 Å². The molecule has 4 rings (SSSR count). The fraction of sp³-hybridized carbons (Fsp3) is 0.471. The summed E-state index contributed by atoms with van der Waals surface area (Å²) in [7, 11) is 2.19. The molecule has 1 fully saturated rings. The van der Waals surface area contributed by atoms with Crippen molar-refractivity contribution >= 4 is 22.5 Å². The lowest BCUT2D eigenvalue weighted by atomic mass is 9.72. The molecule has 0 amide bonds. The van der Waals surface area contributed by atoms with Gasteiger partial charge in [-0.25, -0.2) is 0 Å². The summed E-state index contributed by atoms with van der Waals surface area (Å²) < 4.78 is 0. The number of likely N-dealkylation sites (N-methyl/N-ethyl adjacent to an activating group) is 1. The minimum absolute atomic E-state index is 0.479. The van der Waals surface area contributed by atoms with E-state index in [0.717, 1.165) is 30.1 Å². The Morgan fingerprint density at radius 3 is 3.14 bits per heavy atom. The van der Waals surface area contributed by atoms with Crippen molar-refractivity contribution in [3.63, 3.8) is 0 Å². The van der Waals surface area contributed by atoms with Crippen LogP contribution in [0, 0.1) is 17.2 Å². The Bertz CT molecular complexity index is 742. The summed E-state index contributed by atoms with van der Waals surface area (Å²) in [5.74, 6) is 0.998. The predicted octanol–water partition coefficient (Wildman–Crippen LogP) is 3.69. The molecule has 108 valence electrons. The zero-order valence-corrected chi connectivity index (χ0v) is 12.8. The zero-order valence-electron chi connectivity index (χ0n) is 12.1. The van der Waals surface area contributed by atoms with Crippen molar-refractivity contribution in [1.82, 2.24) is 9.88 Å². The van der Waals surface area contributed by atoms with E-state index in [2.05, 4.69) is 41.2 Å². The maximum atomic E-state index is 9.02. The normalized spacial score (nSPS) is 28.3. The van der Waals surface area contributed by atoms with Gasteiger partial charge in [0, 0.05) is 35.8 Å². The standard InChI is InChI=1S/C17H18ClN3/c1-21-9-10(5-6-19)7-12-11-3-2-4-14-16(11)13(8-15(12)21)17(18)20-14/h2-4,10,12,15,20H,5,7-9H2,1H3/t10?,12?,15-/m1/s1. The Balaban J connectivity index is 1.84. The molecule has 3 atom stereocenters. The van der Waals surface area contributed by atoms with Crippen molar-refractivity contribution in [2.45, 2.75) is 31.2 Å². The molecule has 1 aliphatic heterocycles. The Morgan fingerprint density at radius 2 is 2.33 bits per heavy atom. The molecular weight excluding hydrogens is 282 g/mol. The number of benzene rings is 1. The van der Waals surface area contributed by atoms with E-state index >= 15 is 0 Å². The average Bonchev–Trinajstić information content (AvgIpc) is 2.78. The number of aromatic nitrogens is 1. The monoisotopic (exact) mass is 299 g/mol. The summed E-state index contributed by atoms with van der Waals surface area (Å²) in [5, 5.41) is 11.1. The number of hydrogen-bond donors (Lipinski definition) is 1. The van der Waals surface area contributed by atoms with Gasteiger partial charge in [0.05, 0.1) is 6.07 Å². The molecule has 21 heavy (non-hydrogen) atoms. The molecule has 1 aliphatic carbocycles. The second-order valence-corrected chi connectivity index (χ2v) is 6.85. The van der Waals surface area contributed by atoms with E-state index in [1.54, 1.807) is 0 Å². The fourth-order valence-corrected chi connectivity index (χ4v) is 4.65. The van der Waals surface area contributed by atoms with Crippen molar-refractivity contribution < 1.29 is 0 Å². The number of rotatable bonds is 1. The van der Waals surface area contributed by atoms with Crippen LogP contribution in [0.3, 0.4) is 0 Å². The Hall–Kier alpha value is -1.50. The number of likely N-dealkylation sites (tertiary alicyclic amines) is 1. The highest BCUT2D eigenvalue weighted by Gasteiger charge is 2.39. The third-order valence-electron chi connectivity index (χ3n) is 5.26. The fourth-order valence-electron chi connectivity index (χ4n) is 4.37. The minimum Gasteiger partial charge on any atom is -0.345 e. The van der Waals surface area contributed by atoms with Gasteiger partial charge in [0.1, 0.15) is 5.15 Å². The molecule has 0 spiro atoms. The molecule has 0 saturated carbocycles. The van der Waals surface area contributed by atoms with Crippen LogP contribution in [0.4, 0.5) is 0 Å². The molecule has 3 nitrogen and oxygen atoms in total. The molecule has 2 aliphatic rings.